The average Bonchev–Trinajstić information content (AvgIpc) is 3.17. The van der Waals surface area contributed by atoms with Crippen molar-refractivity contribution in [1.29, 1.82) is 0 Å². The lowest BCUT2D eigenvalue weighted by molar-refractivity contribution is 0.0780. The van der Waals surface area contributed by atoms with Crippen molar-refractivity contribution < 1.29 is 14.3 Å². The standard InChI is InChI=1S/C22H25N3O3/c1-24(15-16-3-6-18(7-4-16)25-9-11-28-12-10-25)22(26)21-13-17-5-8-19(27-2)14-20(17)23-21/h3-8,13-14,23H,9-12,15H2,1-2H3. The molecule has 0 spiro atoms. The lowest BCUT2D eigenvalue weighted by Crippen LogP contribution is -2.36. The summed E-state index contributed by atoms with van der Waals surface area (Å²) in [6.45, 7) is 3.94. The first kappa shape index (κ1) is 18.4. The zero-order valence-corrected chi connectivity index (χ0v) is 16.3. The second kappa shape index (κ2) is 7.94. The third kappa shape index (κ3) is 3.82. The smallest absolute Gasteiger partial charge is 0.270 e. The molecule has 1 fully saturated rings. The van der Waals surface area contributed by atoms with Crippen LogP contribution in [0.4, 0.5) is 5.69 Å². The minimum Gasteiger partial charge on any atom is -0.497 e. The predicted molar refractivity (Wildman–Crippen MR) is 110 cm³/mol. The molecule has 146 valence electrons. The van der Waals surface area contributed by atoms with Gasteiger partial charge in [0, 0.05) is 49.3 Å². The summed E-state index contributed by atoms with van der Waals surface area (Å²) >= 11 is 0. The largest absolute Gasteiger partial charge is 0.497 e. The van der Waals surface area contributed by atoms with Crippen LogP contribution in [0.1, 0.15) is 16.1 Å². The molecule has 4 rings (SSSR count). The number of aromatic amines is 1. The van der Waals surface area contributed by atoms with E-state index in [0.717, 1.165) is 48.5 Å². The second-order valence-electron chi connectivity index (χ2n) is 7.06. The summed E-state index contributed by atoms with van der Waals surface area (Å²) in [5, 5.41) is 0.993. The lowest BCUT2D eigenvalue weighted by Gasteiger charge is -2.29. The van der Waals surface area contributed by atoms with E-state index in [9.17, 15) is 4.79 Å². The van der Waals surface area contributed by atoms with Gasteiger partial charge < -0.3 is 24.3 Å². The van der Waals surface area contributed by atoms with Gasteiger partial charge >= 0.3 is 0 Å². The van der Waals surface area contributed by atoms with Gasteiger partial charge in [-0.05, 0) is 35.9 Å². The fourth-order valence-corrected chi connectivity index (χ4v) is 3.53. The molecule has 0 radical (unpaired) electrons. The Morgan fingerprint density at radius 2 is 1.89 bits per heavy atom. The monoisotopic (exact) mass is 379 g/mol. The Balaban J connectivity index is 1.44. The van der Waals surface area contributed by atoms with Crippen LogP contribution in [0.25, 0.3) is 10.9 Å². The number of morpholine rings is 1. The van der Waals surface area contributed by atoms with Crippen molar-refractivity contribution in [2.24, 2.45) is 0 Å². The van der Waals surface area contributed by atoms with Crippen molar-refractivity contribution in [2.75, 3.05) is 45.4 Å². The summed E-state index contributed by atoms with van der Waals surface area (Å²) in [6.07, 6.45) is 0. The average molecular weight is 379 g/mol. The highest BCUT2D eigenvalue weighted by molar-refractivity contribution is 5.98. The summed E-state index contributed by atoms with van der Waals surface area (Å²) < 4.78 is 10.7. The maximum Gasteiger partial charge on any atom is 0.270 e. The zero-order valence-electron chi connectivity index (χ0n) is 16.3. The van der Waals surface area contributed by atoms with Crippen LogP contribution in [-0.2, 0) is 11.3 Å². The molecule has 3 aromatic rings. The van der Waals surface area contributed by atoms with E-state index in [1.807, 2.05) is 31.3 Å². The molecule has 28 heavy (non-hydrogen) atoms. The van der Waals surface area contributed by atoms with Crippen LogP contribution in [0.15, 0.2) is 48.5 Å². The number of aromatic nitrogens is 1. The van der Waals surface area contributed by atoms with Gasteiger partial charge in [-0.2, -0.15) is 0 Å². The number of hydrogen-bond acceptors (Lipinski definition) is 4. The van der Waals surface area contributed by atoms with E-state index in [2.05, 4.69) is 34.1 Å². The molecule has 0 aliphatic carbocycles. The molecule has 6 heteroatoms. The molecule has 0 bridgehead atoms. The molecule has 1 amide bonds. The number of nitrogens with zero attached hydrogens (tertiary/aromatic N) is 2. The van der Waals surface area contributed by atoms with Crippen molar-refractivity contribution in [2.45, 2.75) is 6.54 Å². The van der Waals surface area contributed by atoms with E-state index in [4.69, 9.17) is 9.47 Å². The van der Waals surface area contributed by atoms with Crippen LogP contribution in [0.2, 0.25) is 0 Å². The maximum atomic E-state index is 12.8. The number of rotatable bonds is 5. The number of anilines is 1. The van der Waals surface area contributed by atoms with E-state index in [0.29, 0.717) is 12.2 Å². The number of H-pyrrole nitrogens is 1. The molecule has 1 N–H and O–H groups in total. The number of carbonyl (C=O) groups excluding carboxylic acids is 1. The predicted octanol–water partition coefficient (Wildman–Crippen LogP) is 3.29. The van der Waals surface area contributed by atoms with Crippen molar-refractivity contribution >= 4 is 22.5 Å². The molecule has 1 aromatic heterocycles. The number of methoxy groups -OCH3 is 1. The Morgan fingerprint density at radius 1 is 1.14 bits per heavy atom. The summed E-state index contributed by atoms with van der Waals surface area (Å²) in [7, 11) is 3.46. The minimum atomic E-state index is -0.0348. The minimum absolute atomic E-state index is 0.0348. The van der Waals surface area contributed by atoms with E-state index in [-0.39, 0.29) is 5.91 Å². The van der Waals surface area contributed by atoms with Crippen molar-refractivity contribution in [3.8, 4) is 5.75 Å². The molecular weight excluding hydrogens is 354 g/mol. The van der Waals surface area contributed by atoms with Crippen LogP contribution >= 0.6 is 0 Å². The van der Waals surface area contributed by atoms with Crippen molar-refractivity contribution in [1.82, 2.24) is 9.88 Å². The van der Waals surface area contributed by atoms with E-state index >= 15 is 0 Å². The normalized spacial score (nSPS) is 14.3. The van der Waals surface area contributed by atoms with Gasteiger partial charge in [-0.1, -0.05) is 12.1 Å². The Morgan fingerprint density at radius 3 is 2.61 bits per heavy atom. The molecule has 0 unspecified atom stereocenters. The first-order valence-electron chi connectivity index (χ1n) is 9.48. The number of benzene rings is 2. The van der Waals surface area contributed by atoms with Gasteiger partial charge in [-0.15, -0.1) is 0 Å². The van der Waals surface area contributed by atoms with Gasteiger partial charge in [-0.25, -0.2) is 0 Å². The molecule has 1 saturated heterocycles. The molecule has 6 nitrogen and oxygen atoms in total. The van der Waals surface area contributed by atoms with E-state index < -0.39 is 0 Å². The topological polar surface area (TPSA) is 57.8 Å². The molecule has 1 aliphatic rings. The van der Waals surface area contributed by atoms with Crippen LogP contribution in [0.3, 0.4) is 0 Å². The SMILES string of the molecule is COc1ccc2cc(C(=O)N(C)Cc3ccc(N4CCOCC4)cc3)[nH]c2c1. The Bertz CT molecular complexity index is 959. The van der Waals surface area contributed by atoms with Gasteiger partial charge in [0.1, 0.15) is 11.4 Å². The summed E-state index contributed by atoms with van der Waals surface area (Å²) in [5.74, 6) is 0.731. The summed E-state index contributed by atoms with van der Waals surface area (Å²) in [6, 6.07) is 16.0. The third-order valence-corrected chi connectivity index (χ3v) is 5.14. The fourth-order valence-electron chi connectivity index (χ4n) is 3.53. The second-order valence-corrected chi connectivity index (χ2v) is 7.06. The van der Waals surface area contributed by atoms with Crippen LogP contribution < -0.4 is 9.64 Å². The highest BCUT2D eigenvalue weighted by atomic mass is 16.5. The number of carbonyl (C=O) groups is 1. The number of nitrogens with one attached hydrogen (secondary N) is 1. The Labute approximate surface area is 164 Å². The quantitative estimate of drug-likeness (QED) is 0.739. The van der Waals surface area contributed by atoms with Crippen LogP contribution in [0.5, 0.6) is 5.75 Å². The number of fused-ring (bicyclic) bond motifs is 1. The van der Waals surface area contributed by atoms with Crippen LogP contribution in [0, 0.1) is 0 Å². The fraction of sp³-hybridized carbons (Fsp3) is 0.318. The molecule has 2 heterocycles. The maximum absolute atomic E-state index is 12.8. The van der Waals surface area contributed by atoms with Gasteiger partial charge in [0.15, 0.2) is 0 Å². The van der Waals surface area contributed by atoms with E-state index in [1.165, 1.54) is 5.69 Å². The molecule has 0 atom stereocenters. The number of hydrogen-bond donors (Lipinski definition) is 1. The molecule has 1 aliphatic heterocycles. The van der Waals surface area contributed by atoms with Gasteiger partial charge in [0.05, 0.1) is 20.3 Å². The van der Waals surface area contributed by atoms with Gasteiger partial charge in [-0.3, -0.25) is 4.79 Å². The number of amides is 1. The molecule has 2 aromatic carbocycles. The molecule has 0 saturated carbocycles. The zero-order chi connectivity index (χ0) is 19.5. The van der Waals surface area contributed by atoms with Crippen molar-refractivity contribution in [3.05, 3.63) is 59.8 Å². The lowest BCUT2D eigenvalue weighted by atomic mass is 10.1. The first-order valence-corrected chi connectivity index (χ1v) is 9.48. The summed E-state index contributed by atoms with van der Waals surface area (Å²) in [5.41, 5.74) is 3.78. The van der Waals surface area contributed by atoms with Crippen LogP contribution in [-0.4, -0.2) is 56.3 Å². The third-order valence-electron chi connectivity index (χ3n) is 5.14. The molecular formula is C22H25N3O3. The highest BCUT2D eigenvalue weighted by Gasteiger charge is 2.16. The Kier molecular flexibility index (Phi) is 5.21. The van der Waals surface area contributed by atoms with E-state index in [1.54, 1.807) is 12.0 Å². The van der Waals surface area contributed by atoms with Gasteiger partial charge in [0.25, 0.3) is 5.91 Å². The highest BCUT2D eigenvalue weighted by Crippen LogP contribution is 2.22. The summed E-state index contributed by atoms with van der Waals surface area (Å²) in [4.78, 5) is 20.1. The Hall–Kier alpha value is -2.99. The first-order chi connectivity index (χ1) is 13.6. The van der Waals surface area contributed by atoms with Crippen molar-refractivity contribution in [3.63, 3.8) is 0 Å². The number of ether oxygens (including phenoxy) is 2. The van der Waals surface area contributed by atoms with Gasteiger partial charge in [0.2, 0.25) is 0 Å².